The van der Waals surface area contributed by atoms with Crippen molar-refractivity contribution in [3.05, 3.63) is 0 Å². The van der Waals surface area contributed by atoms with Crippen molar-refractivity contribution in [2.24, 2.45) is 10.8 Å². The van der Waals surface area contributed by atoms with E-state index >= 15 is 0 Å². The van der Waals surface area contributed by atoms with E-state index in [9.17, 15) is 19.5 Å². The number of ketones is 1. The molecule has 0 spiro atoms. The summed E-state index contributed by atoms with van der Waals surface area (Å²) in [5.41, 5.74) is -1.58. The summed E-state index contributed by atoms with van der Waals surface area (Å²) in [7, 11) is 0. The van der Waals surface area contributed by atoms with Crippen molar-refractivity contribution < 1.29 is 29.7 Å². The Morgan fingerprint density at radius 3 is 1.96 bits per heavy atom. The third-order valence-corrected chi connectivity index (χ3v) is 3.41. The summed E-state index contributed by atoms with van der Waals surface area (Å²) in [6, 6.07) is 0. The van der Waals surface area contributed by atoms with Gasteiger partial charge in [0.15, 0.2) is 5.78 Å². The molecular weight excluding hydrogens is 304 g/mol. The highest BCUT2D eigenvalue weighted by atomic mass is 16.3. The van der Waals surface area contributed by atoms with Crippen molar-refractivity contribution in [3.63, 3.8) is 0 Å². The van der Waals surface area contributed by atoms with Gasteiger partial charge in [0.25, 0.3) is 0 Å². The van der Waals surface area contributed by atoms with E-state index < -0.39 is 28.6 Å². The van der Waals surface area contributed by atoms with E-state index in [1.54, 1.807) is 13.8 Å². The van der Waals surface area contributed by atoms with Crippen LogP contribution in [0.4, 0.5) is 0 Å². The molecule has 0 saturated carbocycles. The molecule has 0 radical (unpaired) electrons. The summed E-state index contributed by atoms with van der Waals surface area (Å²) in [4.78, 5) is 34.9. The first-order valence-electron chi connectivity index (χ1n) is 7.41. The Morgan fingerprint density at radius 2 is 1.48 bits per heavy atom. The summed E-state index contributed by atoms with van der Waals surface area (Å²) in [6.07, 6.45) is -1.37. The van der Waals surface area contributed by atoms with Crippen LogP contribution in [0, 0.1) is 10.8 Å². The number of hydrogen-bond donors (Lipinski definition) is 5. The van der Waals surface area contributed by atoms with E-state index in [2.05, 4.69) is 10.6 Å². The normalized spacial score (nSPS) is 13.3. The van der Waals surface area contributed by atoms with E-state index in [0.717, 1.165) is 0 Å². The quantitative estimate of drug-likeness (QED) is 0.333. The molecule has 0 aliphatic carbocycles. The third kappa shape index (κ3) is 8.06. The SMILES string of the molecule is CC(C)(CO)CC(=O)NCC(=O)CNC(=O)C(O)C(C)(C)CO. The van der Waals surface area contributed by atoms with Crippen molar-refractivity contribution >= 4 is 17.6 Å². The van der Waals surface area contributed by atoms with Gasteiger partial charge in [-0.1, -0.05) is 27.7 Å². The van der Waals surface area contributed by atoms with Crippen LogP contribution in [0.5, 0.6) is 0 Å². The Hall–Kier alpha value is -1.51. The second-order valence-corrected chi connectivity index (χ2v) is 7.08. The summed E-state index contributed by atoms with van der Waals surface area (Å²) in [6.45, 7) is 5.36. The Labute approximate surface area is 136 Å². The average molecular weight is 332 g/mol. The largest absolute Gasteiger partial charge is 0.396 e. The molecule has 0 aromatic rings. The molecule has 0 aliphatic heterocycles. The van der Waals surface area contributed by atoms with Gasteiger partial charge in [0.05, 0.1) is 19.7 Å². The highest BCUT2D eigenvalue weighted by Crippen LogP contribution is 2.19. The van der Waals surface area contributed by atoms with Gasteiger partial charge in [0.1, 0.15) is 6.10 Å². The lowest BCUT2D eigenvalue weighted by molar-refractivity contribution is -0.138. The van der Waals surface area contributed by atoms with Crippen LogP contribution in [0.1, 0.15) is 34.1 Å². The number of carbonyl (C=O) groups is 3. The molecule has 2 amide bonds. The number of aliphatic hydroxyl groups is 3. The van der Waals surface area contributed by atoms with Crippen molar-refractivity contribution in [3.8, 4) is 0 Å². The molecule has 0 fully saturated rings. The number of amides is 2. The Morgan fingerprint density at radius 1 is 0.957 bits per heavy atom. The van der Waals surface area contributed by atoms with Crippen LogP contribution in [0.25, 0.3) is 0 Å². The maximum atomic E-state index is 11.7. The van der Waals surface area contributed by atoms with Crippen LogP contribution in [0.2, 0.25) is 0 Å². The van der Waals surface area contributed by atoms with Gasteiger partial charge in [-0.25, -0.2) is 0 Å². The van der Waals surface area contributed by atoms with Gasteiger partial charge in [-0.15, -0.1) is 0 Å². The predicted octanol–water partition coefficient (Wildman–Crippen LogP) is -1.42. The molecule has 0 heterocycles. The summed E-state index contributed by atoms with van der Waals surface area (Å²) in [5.74, 6) is -1.56. The van der Waals surface area contributed by atoms with Gasteiger partial charge in [-0.2, -0.15) is 0 Å². The number of Topliss-reactive ketones (excluding diaryl/α,β-unsaturated/α-hetero) is 1. The topological polar surface area (TPSA) is 136 Å². The lowest BCUT2D eigenvalue weighted by Crippen LogP contribution is -2.47. The molecule has 134 valence electrons. The zero-order valence-electron chi connectivity index (χ0n) is 14.2. The minimum atomic E-state index is -1.44. The zero-order chi connectivity index (χ0) is 18.3. The van der Waals surface area contributed by atoms with Crippen LogP contribution in [0.3, 0.4) is 0 Å². The smallest absolute Gasteiger partial charge is 0.249 e. The molecule has 8 heteroatoms. The summed E-state index contributed by atoms with van der Waals surface area (Å²) in [5, 5.41) is 32.6. The predicted molar refractivity (Wildman–Crippen MR) is 83.4 cm³/mol. The number of aliphatic hydroxyl groups excluding tert-OH is 3. The molecule has 1 atom stereocenters. The molecule has 0 aromatic carbocycles. The summed E-state index contributed by atoms with van der Waals surface area (Å²) < 4.78 is 0. The van der Waals surface area contributed by atoms with Crippen LogP contribution >= 0.6 is 0 Å². The van der Waals surface area contributed by atoms with E-state index in [-0.39, 0.29) is 38.6 Å². The minimum absolute atomic E-state index is 0.0759. The van der Waals surface area contributed by atoms with E-state index in [1.165, 1.54) is 13.8 Å². The first kappa shape index (κ1) is 21.5. The summed E-state index contributed by atoms with van der Waals surface area (Å²) >= 11 is 0. The van der Waals surface area contributed by atoms with Gasteiger partial charge in [-0.3, -0.25) is 14.4 Å². The molecule has 5 N–H and O–H groups in total. The average Bonchev–Trinajstić information content (AvgIpc) is 2.49. The van der Waals surface area contributed by atoms with Crippen molar-refractivity contribution in [2.75, 3.05) is 26.3 Å². The van der Waals surface area contributed by atoms with Gasteiger partial charge >= 0.3 is 0 Å². The maximum Gasteiger partial charge on any atom is 0.249 e. The first-order valence-corrected chi connectivity index (χ1v) is 7.41. The number of rotatable bonds is 10. The second kappa shape index (κ2) is 8.95. The standard InChI is InChI=1S/C15H28N2O6/c1-14(2,8-18)5-11(21)16-6-10(20)7-17-13(23)12(22)15(3,4)9-19/h12,18-19,22H,5-9H2,1-4H3,(H,16,21)(H,17,23). The number of hydrogen-bond acceptors (Lipinski definition) is 6. The lowest BCUT2D eigenvalue weighted by Gasteiger charge is -2.27. The maximum absolute atomic E-state index is 11.7. The molecule has 23 heavy (non-hydrogen) atoms. The van der Waals surface area contributed by atoms with Crippen molar-refractivity contribution in [1.29, 1.82) is 0 Å². The molecule has 0 aliphatic rings. The molecule has 0 saturated heterocycles. The molecule has 8 nitrogen and oxygen atoms in total. The third-order valence-electron chi connectivity index (χ3n) is 3.41. The number of nitrogens with one attached hydrogen (secondary N) is 2. The molecule has 1 unspecified atom stereocenters. The fourth-order valence-electron chi connectivity index (χ4n) is 1.54. The van der Waals surface area contributed by atoms with Crippen LogP contribution in [0.15, 0.2) is 0 Å². The highest BCUT2D eigenvalue weighted by molar-refractivity contribution is 5.91. The Balaban J connectivity index is 4.18. The van der Waals surface area contributed by atoms with Crippen molar-refractivity contribution in [1.82, 2.24) is 10.6 Å². The van der Waals surface area contributed by atoms with Crippen molar-refractivity contribution in [2.45, 2.75) is 40.2 Å². The molecular formula is C15H28N2O6. The van der Waals surface area contributed by atoms with Crippen LogP contribution in [-0.2, 0) is 14.4 Å². The van der Waals surface area contributed by atoms with Crippen LogP contribution < -0.4 is 10.6 Å². The molecule has 0 aromatic heterocycles. The monoisotopic (exact) mass is 332 g/mol. The van der Waals surface area contributed by atoms with Gasteiger partial charge in [-0.05, 0) is 5.41 Å². The molecule has 0 bridgehead atoms. The van der Waals surface area contributed by atoms with Gasteiger partial charge < -0.3 is 26.0 Å². The van der Waals surface area contributed by atoms with E-state index in [4.69, 9.17) is 10.2 Å². The first-order chi connectivity index (χ1) is 10.4. The fourth-order valence-corrected chi connectivity index (χ4v) is 1.54. The van der Waals surface area contributed by atoms with E-state index in [1.807, 2.05) is 0 Å². The number of carbonyl (C=O) groups excluding carboxylic acids is 3. The molecule has 0 rings (SSSR count). The van der Waals surface area contributed by atoms with Crippen LogP contribution in [-0.4, -0.2) is 65.3 Å². The minimum Gasteiger partial charge on any atom is -0.396 e. The van der Waals surface area contributed by atoms with Gasteiger partial charge in [0.2, 0.25) is 11.8 Å². The zero-order valence-corrected chi connectivity index (χ0v) is 14.2. The Bertz CT molecular complexity index is 434. The van der Waals surface area contributed by atoms with Gasteiger partial charge in [0, 0.05) is 18.4 Å². The lowest BCUT2D eigenvalue weighted by atomic mass is 9.87. The second-order valence-electron chi connectivity index (χ2n) is 7.08. The van der Waals surface area contributed by atoms with E-state index in [0.29, 0.717) is 0 Å². The highest BCUT2D eigenvalue weighted by Gasteiger charge is 2.33. The Kier molecular flexibility index (Phi) is 8.36. The fraction of sp³-hybridized carbons (Fsp3) is 0.800.